The van der Waals surface area contributed by atoms with E-state index >= 15 is 0 Å². The van der Waals surface area contributed by atoms with Gasteiger partial charge in [-0.2, -0.15) is 18.2 Å². The summed E-state index contributed by atoms with van der Waals surface area (Å²) < 4.78 is 84.6. The van der Waals surface area contributed by atoms with Crippen LogP contribution in [0.1, 0.15) is 65.7 Å². The summed E-state index contributed by atoms with van der Waals surface area (Å²) in [6.45, 7) is 4.08. The number of pyridine rings is 1. The van der Waals surface area contributed by atoms with E-state index < -0.39 is 86.9 Å². The second-order valence-corrected chi connectivity index (χ2v) is 18.2. The summed E-state index contributed by atoms with van der Waals surface area (Å²) in [4.78, 5) is 63.7. The Kier molecular flexibility index (Phi) is 12.1. The van der Waals surface area contributed by atoms with Crippen LogP contribution >= 0.6 is 0 Å². The highest BCUT2D eigenvalue weighted by atomic mass is 32.2. The maximum atomic E-state index is 14.7. The largest absolute Gasteiger partial charge is 0.497 e. The molecule has 3 fully saturated rings. The number of anilines is 1. The molecule has 318 valence electrons. The molecule has 1 aromatic carbocycles. The normalized spacial score (nSPS) is 28.5. The zero-order valence-corrected chi connectivity index (χ0v) is 34.1. The molecule has 58 heavy (non-hydrogen) atoms. The fourth-order valence-corrected chi connectivity index (χ4v) is 9.04. The highest BCUT2D eigenvalue weighted by Crippen LogP contribution is 2.46. The minimum atomic E-state index is -4.85. The molecule has 1 aromatic heterocycles. The van der Waals surface area contributed by atoms with E-state index in [0.717, 1.165) is 5.39 Å². The number of carbonyl (C=O) groups excluding carboxylic acids is 4. The number of rotatable bonds is 9. The van der Waals surface area contributed by atoms with Crippen molar-refractivity contribution in [3.8, 4) is 11.6 Å². The highest BCUT2D eigenvalue weighted by Gasteiger charge is 2.62. The van der Waals surface area contributed by atoms with Crippen LogP contribution in [-0.2, 0) is 29.1 Å². The fraction of sp³-hybridized carbons (Fsp3) is 0.615. The molecule has 2 aromatic rings. The predicted octanol–water partition coefficient (Wildman–Crippen LogP) is 4.20. The number of fused-ring (bicyclic) bond motifs is 3. The number of halogens is 3. The van der Waals surface area contributed by atoms with E-state index in [1.54, 1.807) is 50.2 Å². The topological polar surface area (TPSA) is 186 Å². The molecule has 0 spiro atoms. The minimum absolute atomic E-state index is 0.0323. The molecule has 19 heteroatoms. The summed E-state index contributed by atoms with van der Waals surface area (Å²) in [6, 6.07) is 4.39. The van der Waals surface area contributed by atoms with Crippen molar-refractivity contribution in [2.45, 2.75) is 107 Å². The van der Waals surface area contributed by atoms with E-state index in [1.807, 2.05) is 19.1 Å². The van der Waals surface area contributed by atoms with E-state index in [4.69, 9.17) is 14.5 Å². The van der Waals surface area contributed by atoms with Gasteiger partial charge in [0.1, 0.15) is 35.3 Å². The van der Waals surface area contributed by atoms with Gasteiger partial charge in [-0.25, -0.2) is 13.2 Å². The molecule has 4 amide bonds. The first-order chi connectivity index (χ1) is 27.2. The van der Waals surface area contributed by atoms with Gasteiger partial charge in [-0.3, -0.25) is 19.1 Å². The second-order valence-electron chi connectivity index (χ2n) is 16.2. The molecule has 3 N–H and O–H groups in total. The number of allylic oxidation sites excluding steroid dienone is 1. The van der Waals surface area contributed by atoms with Crippen molar-refractivity contribution in [3.05, 3.63) is 36.4 Å². The Morgan fingerprint density at radius 2 is 1.83 bits per heavy atom. The molecule has 8 atom stereocenters. The Bertz CT molecular complexity index is 2060. The average Bonchev–Trinajstić information content (AvgIpc) is 4.08. The standard InChI is InChI=1S/C39H51F3N6O9S/c1-21-9-7-8-10-25-19-38(25,36(51)46-58(53,54)28-12-13-28)45-33(49)30-18-27(57-34-29-14-11-26(55-6)16-24(29)17-31(43-34)47(4)5)20-48(30)35(50)32(22(2)15-21)44-37(52)56-23(3)39(40,41)42/h8,10-11,14,16-17,21-23,25,27-28,30,32H,7,9,12-13,15,18-20H2,1-6H3,(H,44,52)(H,45,49)(H,46,51). The van der Waals surface area contributed by atoms with E-state index in [0.29, 0.717) is 56.0 Å². The van der Waals surface area contributed by atoms with Crippen LogP contribution in [0, 0.1) is 17.8 Å². The Hall–Kier alpha value is -4.81. The number of aromatic nitrogens is 1. The molecule has 4 aliphatic rings. The first-order valence-corrected chi connectivity index (χ1v) is 21.0. The van der Waals surface area contributed by atoms with Crippen molar-refractivity contribution in [2.24, 2.45) is 17.8 Å². The van der Waals surface area contributed by atoms with Gasteiger partial charge in [0.2, 0.25) is 27.7 Å². The number of ether oxygens (including phenoxy) is 3. The molecule has 2 saturated carbocycles. The summed E-state index contributed by atoms with van der Waals surface area (Å²) in [7, 11) is 1.15. The number of carbonyl (C=O) groups is 4. The second kappa shape index (κ2) is 16.4. The van der Waals surface area contributed by atoms with Crippen LogP contribution in [0.5, 0.6) is 11.6 Å². The molecule has 1 saturated heterocycles. The lowest BCUT2D eigenvalue weighted by molar-refractivity contribution is -0.197. The zero-order valence-electron chi connectivity index (χ0n) is 33.3. The third-order valence-corrected chi connectivity index (χ3v) is 13.2. The number of methoxy groups -OCH3 is 1. The lowest BCUT2D eigenvalue weighted by atomic mass is 9.88. The molecule has 6 rings (SSSR count). The lowest BCUT2D eigenvalue weighted by Crippen LogP contribution is -2.59. The van der Waals surface area contributed by atoms with Gasteiger partial charge < -0.3 is 34.6 Å². The Balaban J connectivity index is 1.37. The van der Waals surface area contributed by atoms with E-state index in [9.17, 15) is 40.8 Å². The van der Waals surface area contributed by atoms with E-state index in [-0.39, 0.29) is 31.2 Å². The van der Waals surface area contributed by atoms with Crippen molar-refractivity contribution < 1.29 is 55.0 Å². The first kappa shape index (κ1) is 42.8. The lowest BCUT2D eigenvalue weighted by Gasteiger charge is -2.33. The first-order valence-electron chi connectivity index (χ1n) is 19.4. The fourth-order valence-electron chi connectivity index (χ4n) is 7.68. The molecule has 3 heterocycles. The summed E-state index contributed by atoms with van der Waals surface area (Å²) in [5, 5.41) is 5.80. The van der Waals surface area contributed by atoms with Crippen molar-refractivity contribution in [1.82, 2.24) is 25.2 Å². The van der Waals surface area contributed by atoms with Gasteiger partial charge in [-0.15, -0.1) is 0 Å². The third-order valence-electron chi connectivity index (χ3n) is 11.4. The molecule has 0 bridgehead atoms. The molecular formula is C39H51F3N6O9S. The molecule has 8 unspecified atom stereocenters. The highest BCUT2D eigenvalue weighted by molar-refractivity contribution is 7.91. The predicted molar refractivity (Wildman–Crippen MR) is 206 cm³/mol. The number of hydrogen-bond acceptors (Lipinski definition) is 11. The van der Waals surface area contributed by atoms with Crippen LogP contribution in [0.2, 0.25) is 0 Å². The van der Waals surface area contributed by atoms with Crippen molar-refractivity contribution in [2.75, 3.05) is 32.6 Å². The maximum absolute atomic E-state index is 14.7. The maximum Gasteiger partial charge on any atom is 0.425 e. The quantitative estimate of drug-likeness (QED) is 0.308. The Labute approximate surface area is 335 Å². The van der Waals surface area contributed by atoms with Crippen molar-refractivity contribution in [3.63, 3.8) is 0 Å². The van der Waals surface area contributed by atoms with Crippen LogP contribution in [-0.4, -0.2) is 111 Å². The zero-order chi connectivity index (χ0) is 42.3. The number of sulfonamides is 1. The summed E-state index contributed by atoms with van der Waals surface area (Å²) in [5.41, 5.74) is -1.63. The number of alkyl halides is 3. The van der Waals surface area contributed by atoms with Gasteiger partial charge in [-0.1, -0.05) is 26.0 Å². The van der Waals surface area contributed by atoms with E-state index in [2.05, 4.69) is 20.1 Å². The smallest absolute Gasteiger partial charge is 0.425 e. The van der Waals surface area contributed by atoms with Crippen LogP contribution in [0.3, 0.4) is 0 Å². The van der Waals surface area contributed by atoms with Crippen LogP contribution in [0.4, 0.5) is 23.8 Å². The Morgan fingerprint density at radius 3 is 2.48 bits per heavy atom. The van der Waals surface area contributed by atoms with Crippen LogP contribution < -0.4 is 29.7 Å². The number of benzene rings is 1. The monoisotopic (exact) mass is 836 g/mol. The number of amides is 4. The van der Waals surface area contributed by atoms with Crippen molar-refractivity contribution in [1.29, 1.82) is 0 Å². The molecule has 2 aliphatic heterocycles. The molecule has 0 radical (unpaired) electrons. The summed E-state index contributed by atoms with van der Waals surface area (Å²) in [6.07, 6.45) is -3.66. The average molecular weight is 837 g/mol. The summed E-state index contributed by atoms with van der Waals surface area (Å²) >= 11 is 0. The third kappa shape index (κ3) is 9.39. The Morgan fingerprint density at radius 1 is 1.10 bits per heavy atom. The minimum Gasteiger partial charge on any atom is -0.497 e. The van der Waals surface area contributed by atoms with Gasteiger partial charge in [0.05, 0.1) is 18.9 Å². The number of alkyl carbamates (subject to hydrolysis) is 1. The molecule has 2 aliphatic carbocycles. The van der Waals surface area contributed by atoms with Crippen molar-refractivity contribution >= 4 is 50.4 Å². The van der Waals surface area contributed by atoms with Crippen LogP contribution in [0.15, 0.2) is 36.4 Å². The van der Waals surface area contributed by atoms with E-state index in [1.165, 1.54) is 12.0 Å². The van der Waals surface area contributed by atoms with Gasteiger partial charge in [-0.05, 0) is 86.9 Å². The number of nitrogens with zero attached hydrogens (tertiary/aromatic N) is 3. The van der Waals surface area contributed by atoms with Gasteiger partial charge in [0, 0.05) is 31.8 Å². The number of hydrogen-bond donors (Lipinski definition) is 3. The number of nitrogens with one attached hydrogen (secondary N) is 3. The van der Waals surface area contributed by atoms with Gasteiger partial charge in [0.15, 0.2) is 6.10 Å². The SMILES string of the molecule is COc1ccc2c(OC3CC4C(=O)NC5(C(=O)NS(=O)(=O)C6CC6)CC5C=CCCC(C)CC(C)C(NC(=O)OC(C)C(F)(F)F)C(=O)N4C3)nc(N(C)C)cc2c1. The van der Waals surface area contributed by atoms with Crippen LogP contribution in [0.25, 0.3) is 10.8 Å². The van der Waals surface area contributed by atoms with Gasteiger partial charge in [0.25, 0.3) is 5.91 Å². The molecular weight excluding hydrogens is 786 g/mol. The molecule has 15 nitrogen and oxygen atoms in total. The van der Waals surface area contributed by atoms with Gasteiger partial charge >= 0.3 is 12.3 Å². The summed E-state index contributed by atoms with van der Waals surface area (Å²) in [5.74, 6) is -2.32.